The maximum Gasteiger partial charge on any atom is 0.264 e. The Bertz CT molecular complexity index is 1080. The Labute approximate surface area is 169 Å². The Morgan fingerprint density at radius 3 is 2.46 bits per heavy atom. The van der Waals surface area contributed by atoms with Gasteiger partial charge in [0.25, 0.3) is 15.9 Å². The van der Waals surface area contributed by atoms with Gasteiger partial charge in [-0.15, -0.1) is 0 Å². The molecule has 3 rings (SSSR count). The Hall–Kier alpha value is -2.77. The second kappa shape index (κ2) is 8.08. The normalized spacial score (nSPS) is 11.2. The summed E-state index contributed by atoms with van der Waals surface area (Å²) in [6, 6.07) is 16.0. The van der Waals surface area contributed by atoms with E-state index in [1.807, 2.05) is 0 Å². The van der Waals surface area contributed by atoms with Crippen LogP contribution in [0.5, 0.6) is 0 Å². The standard InChI is InChI=1S/C20H19ClN2O4S/c1-22(14-18-9-5-11-27-18)20(24)15-6-3-10-19(12-15)28(25,26)23(2)17-8-4-7-16(21)13-17/h3-13H,14H2,1-2H3. The van der Waals surface area contributed by atoms with Gasteiger partial charge in [-0.1, -0.05) is 23.7 Å². The number of rotatable bonds is 6. The van der Waals surface area contributed by atoms with Crippen LogP contribution in [0.15, 0.2) is 76.2 Å². The number of halogens is 1. The number of sulfonamides is 1. The van der Waals surface area contributed by atoms with E-state index in [2.05, 4.69) is 0 Å². The van der Waals surface area contributed by atoms with E-state index in [9.17, 15) is 13.2 Å². The van der Waals surface area contributed by atoms with Crippen molar-refractivity contribution in [3.63, 3.8) is 0 Å². The van der Waals surface area contributed by atoms with Crippen molar-refractivity contribution in [1.82, 2.24) is 4.90 Å². The minimum absolute atomic E-state index is 0.0206. The maximum atomic E-state index is 13.0. The fraction of sp³-hybridized carbons (Fsp3) is 0.150. The van der Waals surface area contributed by atoms with E-state index < -0.39 is 10.0 Å². The van der Waals surface area contributed by atoms with Crippen molar-refractivity contribution in [3.05, 3.63) is 83.3 Å². The molecule has 6 nitrogen and oxygen atoms in total. The van der Waals surface area contributed by atoms with Gasteiger partial charge in [0.05, 0.1) is 23.4 Å². The fourth-order valence-electron chi connectivity index (χ4n) is 2.69. The molecule has 8 heteroatoms. The minimum atomic E-state index is -3.86. The van der Waals surface area contributed by atoms with Crippen molar-refractivity contribution in [2.24, 2.45) is 0 Å². The monoisotopic (exact) mass is 418 g/mol. The summed E-state index contributed by atoms with van der Waals surface area (Å²) < 4.78 is 32.4. The summed E-state index contributed by atoms with van der Waals surface area (Å²) in [7, 11) is -0.783. The zero-order chi connectivity index (χ0) is 20.3. The van der Waals surface area contributed by atoms with E-state index in [1.165, 1.54) is 30.3 Å². The lowest BCUT2D eigenvalue weighted by Gasteiger charge is -2.21. The number of furan rings is 1. The highest BCUT2D eigenvalue weighted by atomic mass is 35.5. The first kappa shape index (κ1) is 20.0. The number of anilines is 1. The molecule has 0 spiro atoms. The number of hydrogen-bond acceptors (Lipinski definition) is 4. The largest absolute Gasteiger partial charge is 0.467 e. The topological polar surface area (TPSA) is 70.8 Å². The van der Waals surface area contributed by atoms with Crippen LogP contribution < -0.4 is 4.31 Å². The van der Waals surface area contributed by atoms with E-state index in [1.54, 1.807) is 55.6 Å². The molecule has 0 aliphatic carbocycles. The molecule has 1 heterocycles. The lowest BCUT2D eigenvalue weighted by atomic mass is 10.2. The molecule has 1 aromatic heterocycles. The van der Waals surface area contributed by atoms with Crippen LogP contribution in [0.25, 0.3) is 0 Å². The van der Waals surface area contributed by atoms with Gasteiger partial charge in [-0.25, -0.2) is 8.42 Å². The molecule has 0 saturated carbocycles. The zero-order valence-electron chi connectivity index (χ0n) is 15.4. The van der Waals surface area contributed by atoms with E-state index >= 15 is 0 Å². The molecular weight excluding hydrogens is 400 g/mol. The number of hydrogen-bond donors (Lipinski definition) is 0. The Kier molecular flexibility index (Phi) is 5.76. The third kappa shape index (κ3) is 4.21. The van der Waals surface area contributed by atoms with Crippen molar-refractivity contribution >= 4 is 33.2 Å². The van der Waals surface area contributed by atoms with Gasteiger partial charge in [0.2, 0.25) is 0 Å². The number of nitrogens with zero attached hydrogens (tertiary/aromatic N) is 2. The van der Waals surface area contributed by atoms with Crippen LogP contribution in [-0.4, -0.2) is 33.3 Å². The minimum Gasteiger partial charge on any atom is -0.467 e. The average Bonchev–Trinajstić information content (AvgIpc) is 3.19. The third-order valence-electron chi connectivity index (χ3n) is 4.23. The predicted molar refractivity (Wildman–Crippen MR) is 108 cm³/mol. The molecule has 0 aliphatic heterocycles. The van der Waals surface area contributed by atoms with Crippen LogP contribution in [-0.2, 0) is 16.6 Å². The zero-order valence-corrected chi connectivity index (χ0v) is 16.9. The average molecular weight is 419 g/mol. The predicted octanol–water partition coefficient (Wildman–Crippen LogP) is 4.03. The summed E-state index contributed by atoms with van der Waals surface area (Å²) in [6.45, 7) is 0.283. The molecule has 0 fully saturated rings. The van der Waals surface area contributed by atoms with Crippen LogP contribution >= 0.6 is 11.6 Å². The fourth-order valence-corrected chi connectivity index (χ4v) is 4.11. The molecule has 0 N–H and O–H groups in total. The van der Waals surface area contributed by atoms with Gasteiger partial charge < -0.3 is 9.32 Å². The second-order valence-corrected chi connectivity index (χ2v) is 8.63. The van der Waals surface area contributed by atoms with Crippen LogP contribution in [0, 0.1) is 0 Å². The van der Waals surface area contributed by atoms with Gasteiger partial charge in [0, 0.05) is 24.7 Å². The highest BCUT2D eigenvalue weighted by molar-refractivity contribution is 7.92. The van der Waals surface area contributed by atoms with Gasteiger partial charge in [-0.2, -0.15) is 0 Å². The Balaban J connectivity index is 1.86. The molecule has 2 aromatic carbocycles. The van der Waals surface area contributed by atoms with Crippen molar-refractivity contribution in [2.45, 2.75) is 11.4 Å². The van der Waals surface area contributed by atoms with Gasteiger partial charge >= 0.3 is 0 Å². The van der Waals surface area contributed by atoms with Crippen LogP contribution in [0.3, 0.4) is 0 Å². The quantitative estimate of drug-likeness (QED) is 0.606. The molecule has 0 atom stereocenters. The number of carbonyl (C=O) groups is 1. The first-order valence-corrected chi connectivity index (χ1v) is 10.2. The SMILES string of the molecule is CN(Cc1ccco1)C(=O)c1cccc(S(=O)(=O)N(C)c2cccc(Cl)c2)c1. The Morgan fingerprint density at radius 2 is 1.79 bits per heavy atom. The summed E-state index contributed by atoms with van der Waals surface area (Å²) in [4.78, 5) is 14.2. The summed E-state index contributed by atoms with van der Waals surface area (Å²) in [6.07, 6.45) is 1.53. The molecular formula is C20H19ClN2O4S. The molecule has 146 valence electrons. The summed E-state index contributed by atoms with van der Waals surface area (Å²) in [5.74, 6) is 0.333. The number of benzene rings is 2. The maximum absolute atomic E-state index is 13.0. The van der Waals surface area contributed by atoms with E-state index in [-0.39, 0.29) is 22.9 Å². The van der Waals surface area contributed by atoms with Crippen LogP contribution in [0.1, 0.15) is 16.1 Å². The lowest BCUT2D eigenvalue weighted by Crippen LogP contribution is -2.28. The van der Waals surface area contributed by atoms with Crippen molar-refractivity contribution < 1.29 is 17.6 Å². The van der Waals surface area contributed by atoms with Gasteiger partial charge in [0.1, 0.15) is 5.76 Å². The van der Waals surface area contributed by atoms with Crippen LogP contribution in [0.2, 0.25) is 5.02 Å². The van der Waals surface area contributed by atoms with Crippen molar-refractivity contribution in [3.8, 4) is 0 Å². The van der Waals surface area contributed by atoms with Gasteiger partial charge in [0.15, 0.2) is 0 Å². The molecule has 0 bridgehead atoms. The molecule has 28 heavy (non-hydrogen) atoms. The molecule has 0 unspecified atom stereocenters. The Morgan fingerprint density at radius 1 is 1.04 bits per heavy atom. The van der Waals surface area contributed by atoms with E-state index in [4.69, 9.17) is 16.0 Å². The first-order valence-electron chi connectivity index (χ1n) is 8.41. The molecule has 3 aromatic rings. The van der Waals surface area contributed by atoms with Crippen molar-refractivity contribution in [2.75, 3.05) is 18.4 Å². The summed E-state index contributed by atoms with van der Waals surface area (Å²) in [5, 5.41) is 0.433. The molecule has 1 amide bonds. The highest BCUT2D eigenvalue weighted by Crippen LogP contribution is 2.25. The van der Waals surface area contributed by atoms with E-state index in [0.717, 1.165) is 4.31 Å². The number of amides is 1. The van der Waals surface area contributed by atoms with E-state index in [0.29, 0.717) is 16.5 Å². The molecule has 0 aliphatic rings. The highest BCUT2D eigenvalue weighted by Gasteiger charge is 2.23. The summed E-state index contributed by atoms with van der Waals surface area (Å²) >= 11 is 5.97. The lowest BCUT2D eigenvalue weighted by molar-refractivity contribution is 0.0775. The molecule has 0 saturated heterocycles. The van der Waals surface area contributed by atoms with Crippen LogP contribution in [0.4, 0.5) is 5.69 Å². The third-order valence-corrected chi connectivity index (χ3v) is 6.25. The smallest absolute Gasteiger partial charge is 0.264 e. The molecule has 0 radical (unpaired) electrons. The summed E-state index contributed by atoms with van der Waals surface area (Å²) in [5.41, 5.74) is 0.703. The van der Waals surface area contributed by atoms with Crippen molar-refractivity contribution in [1.29, 1.82) is 0 Å². The number of carbonyl (C=O) groups excluding carboxylic acids is 1. The van der Waals surface area contributed by atoms with Gasteiger partial charge in [-0.3, -0.25) is 9.10 Å². The first-order chi connectivity index (χ1) is 13.3. The second-order valence-electron chi connectivity index (χ2n) is 6.22. The van der Waals surface area contributed by atoms with Gasteiger partial charge in [-0.05, 0) is 48.5 Å².